The van der Waals surface area contributed by atoms with Gasteiger partial charge in [-0.2, -0.15) is 0 Å². The van der Waals surface area contributed by atoms with Crippen molar-refractivity contribution in [1.82, 2.24) is 10.3 Å². The highest BCUT2D eigenvalue weighted by Crippen LogP contribution is 2.32. The number of fused-ring (bicyclic) bond motifs is 1. The molecule has 5 heteroatoms. The van der Waals surface area contributed by atoms with Gasteiger partial charge in [0.1, 0.15) is 10.6 Å². The lowest BCUT2D eigenvalue weighted by atomic mass is 10.1. The highest BCUT2D eigenvalue weighted by Gasteiger charge is 2.19. The number of aromatic nitrogens is 1. The molecular formula is C20H22N2O2S. The third-order valence-corrected chi connectivity index (χ3v) is 5.58. The third kappa shape index (κ3) is 3.37. The van der Waals surface area contributed by atoms with Crippen LogP contribution in [0.1, 0.15) is 45.0 Å². The Morgan fingerprint density at radius 3 is 2.52 bits per heavy atom. The molecule has 0 aliphatic carbocycles. The number of pyridine rings is 1. The summed E-state index contributed by atoms with van der Waals surface area (Å²) in [5.41, 5.74) is 4.19. The molecule has 0 spiro atoms. The van der Waals surface area contributed by atoms with Gasteiger partial charge >= 0.3 is 0 Å². The number of amides is 1. The lowest BCUT2D eigenvalue weighted by Crippen LogP contribution is -2.26. The van der Waals surface area contributed by atoms with Gasteiger partial charge in [0.2, 0.25) is 0 Å². The zero-order valence-electron chi connectivity index (χ0n) is 15.1. The van der Waals surface area contributed by atoms with Gasteiger partial charge in [0.05, 0.1) is 18.0 Å². The van der Waals surface area contributed by atoms with Crippen LogP contribution in [-0.2, 0) is 0 Å². The van der Waals surface area contributed by atoms with E-state index in [4.69, 9.17) is 4.74 Å². The van der Waals surface area contributed by atoms with Gasteiger partial charge in [0.25, 0.3) is 5.91 Å². The first-order chi connectivity index (χ1) is 11.9. The zero-order chi connectivity index (χ0) is 18.1. The van der Waals surface area contributed by atoms with E-state index < -0.39 is 0 Å². The van der Waals surface area contributed by atoms with E-state index >= 15 is 0 Å². The normalized spacial score (nSPS) is 12.2. The van der Waals surface area contributed by atoms with Crippen LogP contribution in [0.2, 0.25) is 0 Å². The number of methoxy groups -OCH3 is 1. The topological polar surface area (TPSA) is 51.2 Å². The Morgan fingerprint density at radius 1 is 1.20 bits per heavy atom. The Balaban J connectivity index is 1.86. The summed E-state index contributed by atoms with van der Waals surface area (Å²) in [6, 6.07) is 9.72. The van der Waals surface area contributed by atoms with Crippen molar-refractivity contribution in [3.05, 3.63) is 57.6 Å². The van der Waals surface area contributed by atoms with Crippen molar-refractivity contribution in [2.75, 3.05) is 7.11 Å². The fourth-order valence-electron chi connectivity index (χ4n) is 3.07. The largest absolute Gasteiger partial charge is 0.497 e. The molecular weight excluding hydrogens is 332 g/mol. The van der Waals surface area contributed by atoms with E-state index in [0.717, 1.165) is 37.7 Å². The minimum atomic E-state index is -0.0844. The summed E-state index contributed by atoms with van der Waals surface area (Å²) in [5, 5.41) is 4.18. The first-order valence-electron chi connectivity index (χ1n) is 8.23. The predicted molar refractivity (Wildman–Crippen MR) is 103 cm³/mol. The van der Waals surface area contributed by atoms with Crippen molar-refractivity contribution in [3.8, 4) is 5.75 Å². The van der Waals surface area contributed by atoms with Crippen LogP contribution in [0, 0.1) is 20.8 Å². The number of nitrogens with one attached hydrogen (secondary N) is 1. The molecule has 0 saturated heterocycles. The number of aryl methyl sites for hydroxylation is 3. The number of rotatable bonds is 4. The Hall–Kier alpha value is -2.40. The monoisotopic (exact) mass is 354 g/mol. The minimum absolute atomic E-state index is 0.0547. The van der Waals surface area contributed by atoms with Crippen LogP contribution in [-0.4, -0.2) is 18.0 Å². The maximum absolute atomic E-state index is 12.8. The minimum Gasteiger partial charge on any atom is -0.497 e. The number of nitrogens with zero attached hydrogens (tertiary/aromatic N) is 1. The first kappa shape index (κ1) is 17.4. The summed E-state index contributed by atoms with van der Waals surface area (Å²) in [6.45, 7) is 8.03. The molecule has 1 atom stereocenters. The van der Waals surface area contributed by atoms with Gasteiger partial charge in [-0.25, -0.2) is 4.98 Å². The van der Waals surface area contributed by atoms with E-state index in [-0.39, 0.29) is 11.9 Å². The molecule has 1 aromatic carbocycles. The van der Waals surface area contributed by atoms with Gasteiger partial charge in [0.15, 0.2) is 0 Å². The lowest BCUT2D eigenvalue weighted by molar-refractivity contribution is 0.0943. The molecule has 0 saturated carbocycles. The zero-order valence-corrected chi connectivity index (χ0v) is 16.0. The molecule has 130 valence electrons. The van der Waals surface area contributed by atoms with Crippen molar-refractivity contribution in [1.29, 1.82) is 0 Å². The van der Waals surface area contributed by atoms with Crippen molar-refractivity contribution in [2.45, 2.75) is 33.7 Å². The molecule has 2 aromatic heterocycles. The average Bonchev–Trinajstić information content (AvgIpc) is 2.91. The summed E-state index contributed by atoms with van der Waals surface area (Å²) in [7, 11) is 1.64. The Kier molecular flexibility index (Phi) is 4.77. The molecule has 1 unspecified atom stereocenters. The van der Waals surface area contributed by atoms with Gasteiger partial charge in [-0.1, -0.05) is 12.1 Å². The van der Waals surface area contributed by atoms with Crippen LogP contribution in [0.15, 0.2) is 30.3 Å². The Bertz CT molecular complexity index is 929. The Labute approximate surface area is 151 Å². The van der Waals surface area contributed by atoms with E-state index in [1.165, 1.54) is 16.9 Å². The third-order valence-electron chi connectivity index (χ3n) is 4.40. The first-order valence-corrected chi connectivity index (χ1v) is 9.04. The molecule has 3 aromatic rings. The summed E-state index contributed by atoms with van der Waals surface area (Å²) in [6.07, 6.45) is 0. The second-order valence-electron chi connectivity index (χ2n) is 6.29. The van der Waals surface area contributed by atoms with Crippen LogP contribution < -0.4 is 10.1 Å². The van der Waals surface area contributed by atoms with Crippen molar-refractivity contribution < 1.29 is 9.53 Å². The van der Waals surface area contributed by atoms with Crippen LogP contribution in [0.3, 0.4) is 0 Å². The smallest absolute Gasteiger partial charge is 0.262 e. The highest BCUT2D eigenvalue weighted by molar-refractivity contribution is 7.20. The molecule has 4 nitrogen and oxygen atoms in total. The molecule has 0 aliphatic rings. The second-order valence-corrected chi connectivity index (χ2v) is 7.28. The fraction of sp³-hybridized carbons (Fsp3) is 0.300. The molecule has 1 amide bonds. The highest BCUT2D eigenvalue weighted by atomic mass is 32.1. The number of ether oxygens (including phenoxy) is 1. The fourth-order valence-corrected chi connectivity index (χ4v) is 4.28. The van der Waals surface area contributed by atoms with E-state index in [0.29, 0.717) is 0 Å². The molecule has 25 heavy (non-hydrogen) atoms. The number of carbonyl (C=O) groups is 1. The van der Waals surface area contributed by atoms with Crippen LogP contribution in [0.5, 0.6) is 5.75 Å². The average molecular weight is 354 g/mol. The maximum Gasteiger partial charge on any atom is 0.262 e. The number of hydrogen-bond donors (Lipinski definition) is 1. The second kappa shape index (κ2) is 6.84. The van der Waals surface area contributed by atoms with Crippen molar-refractivity contribution in [3.63, 3.8) is 0 Å². The van der Waals surface area contributed by atoms with Crippen molar-refractivity contribution in [2.24, 2.45) is 0 Å². The van der Waals surface area contributed by atoms with Crippen LogP contribution >= 0.6 is 11.3 Å². The quantitative estimate of drug-likeness (QED) is 0.737. The van der Waals surface area contributed by atoms with E-state index in [1.807, 2.05) is 45.0 Å². The summed E-state index contributed by atoms with van der Waals surface area (Å²) < 4.78 is 5.18. The summed E-state index contributed by atoms with van der Waals surface area (Å²) in [4.78, 5) is 19.0. The van der Waals surface area contributed by atoms with Crippen LogP contribution in [0.25, 0.3) is 10.2 Å². The molecule has 3 rings (SSSR count). The van der Waals surface area contributed by atoms with Gasteiger partial charge < -0.3 is 10.1 Å². The molecule has 0 aliphatic heterocycles. The summed E-state index contributed by atoms with van der Waals surface area (Å²) in [5.74, 6) is 0.750. The Morgan fingerprint density at radius 2 is 1.88 bits per heavy atom. The predicted octanol–water partition coefficient (Wildman–Crippen LogP) is 4.72. The van der Waals surface area contributed by atoms with Crippen molar-refractivity contribution >= 4 is 27.5 Å². The van der Waals surface area contributed by atoms with E-state index in [9.17, 15) is 4.79 Å². The maximum atomic E-state index is 12.8. The van der Waals surface area contributed by atoms with Gasteiger partial charge in [-0.05, 0) is 62.6 Å². The molecule has 0 fully saturated rings. The van der Waals surface area contributed by atoms with Gasteiger partial charge in [0, 0.05) is 11.1 Å². The molecule has 2 heterocycles. The number of hydrogen-bond acceptors (Lipinski definition) is 4. The standard InChI is InChI=1S/C20H22N2O2S/c1-11-10-12(2)21-20-17(11)13(3)18(25-20)19(23)22-14(4)15-6-8-16(24-5)9-7-15/h6-10,14H,1-5H3,(H,22,23). The summed E-state index contributed by atoms with van der Waals surface area (Å²) >= 11 is 1.46. The van der Waals surface area contributed by atoms with Gasteiger partial charge in [-0.3, -0.25) is 4.79 Å². The van der Waals surface area contributed by atoms with Gasteiger partial charge in [-0.15, -0.1) is 11.3 Å². The lowest BCUT2D eigenvalue weighted by Gasteiger charge is -2.14. The number of benzene rings is 1. The SMILES string of the molecule is COc1ccc(C(C)NC(=O)c2sc3nc(C)cc(C)c3c2C)cc1. The van der Waals surface area contributed by atoms with E-state index in [2.05, 4.69) is 23.3 Å². The van der Waals surface area contributed by atoms with E-state index in [1.54, 1.807) is 7.11 Å². The number of carbonyl (C=O) groups excluding carboxylic acids is 1. The molecule has 0 radical (unpaired) electrons. The molecule has 1 N–H and O–H groups in total. The number of thiophene rings is 1. The van der Waals surface area contributed by atoms with Crippen LogP contribution in [0.4, 0.5) is 0 Å². The molecule has 0 bridgehead atoms.